The molecule has 0 spiro atoms. The van der Waals surface area contributed by atoms with E-state index >= 15 is 0 Å². The Labute approximate surface area is 193 Å². The molecule has 2 aliphatic rings. The third kappa shape index (κ3) is 40.3. The molecule has 2 saturated heterocycles. The van der Waals surface area contributed by atoms with Gasteiger partial charge in [0.25, 0.3) is 0 Å². The minimum atomic E-state index is -0.981. The van der Waals surface area contributed by atoms with Crippen molar-refractivity contribution in [1.29, 1.82) is 0 Å². The Bertz CT molecular complexity index is 483. The van der Waals surface area contributed by atoms with Crippen LogP contribution in [0.1, 0.15) is 12.8 Å². The Balaban J connectivity index is -0.000000354. The summed E-state index contributed by atoms with van der Waals surface area (Å²) in [6.07, 6.45) is 4.64. The number of rotatable bonds is 12. The van der Waals surface area contributed by atoms with E-state index in [4.69, 9.17) is 44.8 Å². The molecule has 0 aromatic carbocycles. The van der Waals surface area contributed by atoms with Crippen LogP contribution in [-0.4, -0.2) is 107 Å². The number of carbonyl (C=O) groups is 3. The van der Waals surface area contributed by atoms with Crippen molar-refractivity contribution in [2.75, 3.05) is 46.2 Å². The Morgan fingerprint density at radius 3 is 1.30 bits per heavy atom. The zero-order chi connectivity index (χ0) is 26.1. The van der Waals surface area contributed by atoms with Crippen molar-refractivity contribution in [3.63, 3.8) is 0 Å². The van der Waals surface area contributed by atoms with Crippen molar-refractivity contribution >= 4 is 17.9 Å². The summed E-state index contributed by atoms with van der Waals surface area (Å²) in [6.45, 7) is 12.3. The van der Waals surface area contributed by atoms with Crippen LogP contribution in [0.25, 0.3) is 0 Å². The summed E-state index contributed by atoms with van der Waals surface area (Å²) in [5.74, 6) is -2.99. The second kappa shape index (κ2) is 25.6. The van der Waals surface area contributed by atoms with Crippen molar-refractivity contribution < 1.29 is 59.2 Å². The monoisotopic (exact) mass is 480 g/mol. The Kier molecular flexibility index (Phi) is 27.2. The van der Waals surface area contributed by atoms with Gasteiger partial charge in [0.1, 0.15) is 12.2 Å². The van der Waals surface area contributed by atoms with Crippen molar-refractivity contribution in [2.24, 2.45) is 5.92 Å². The topological polar surface area (TPSA) is 207 Å². The van der Waals surface area contributed by atoms with E-state index in [-0.39, 0.29) is 25.7 Å². The van der Waals surface area contributed by atoms with Gasteiger partial charge in [0.15, 0.2) is 0 Å². The highest BCUT2D eigenvalue weighted by Crippen LogP contribution is 2.12. The van der Waals surface area contributed by atoms with Crippen LogP contribution < -0.4 is 0 Å². The first-order valence-corrected chi connectivity index (χ1v) is 9.81. The fourth-order valence-corrected chi connectivity index (χ4v) is 1.28. The predicted molar refractivity (Wildman–Crippen MR) is 118 cm³/mol. The molecule has 6 N–H and O–H groups in total. The minimum absolute atomic E-state index is 0.0104. The fraction of sp³-hybridized carbons (Fsp3) is 0.571. The van der Waals surface area contributed by atoms with Gasteiger partial charge < -0.3 is 44.8 Å². The largest absolute Gasteiger partial charge is 0.478 e. The van der Waals surface area contributed by atoms with Crippen LogP contribution in [0.3, 0.4) is 0 Å². The van der Waals surface area contributed by atoms with Gasteiger partial charge in [-0.15, -0.1) is 0 Å². The quantitative estimate of drug-likeness (QED) is 0.160. The molecule has 2 unspecified atom stereocenters. The van der Waals surface area contributed by atoms with Gasteiger partial charge in [-0.1, -0.05) is 19.7 Å². The summed E-state index contributed by atoms with van der Waals surface area (Å²) in [6, 6.07) is 0. The summed E-state index contributed by atoms with van der Waals surface area (Å²) < 4.78 is 15.1. The van der Waals surface area contributed by atoms with E-state index < -0.39 is 17.9 Å². The number of ether oxygens (including phenoxy) is 3. The molecular weight excluding hydrogens is 444 g/mol. The SMILES string of the molecule is C(OCC1CO1)C1CO1.C=CC(=O)O.C=CC(=O)O.C=CC(=O)O.OCCCC(CO)CO. The van der Waals surface area contributed by atoms with Crippen LogP contribution in [0.15, 0.2) is 38.0 Å². The van der Waals surface area contributed by atoms with Crippen LogP contribution >= 0.6 is 0 Å². The number of carboxylic acid groups (broad SMARTS) is 3. The van der Waals surface area contributed by atoms with Crippen molar-refractivity contribution in [1.82, 2.24) is 0 Å². The van der Waals surface area contributed by atoms with Crippen LogP contribution in [0, 0.1) is 5.92 Å². The molecule has 0 aromatic rings. The molecule has 0 aliphatic carbocycles. The first-order chi connectivity index (χ1) is 15.6. The van der Waals surface area contributed by atoms with Crippen molar-refractivity contribution in [3.8, 4) is 0 Å². The first kappa shape index (κ1) is 35.0. The normalized spacial score (nSPS) is 16.4. The maximum atomic E-state index is 9.25. The van der Waals surface area contributed by atoms with Crippen LogP contribution in [0.2, 0.25) is 0 Å². The summed E-state index contributed by atoms with van der Waals surface area (Å²) in [7, 11) is 0. The van der Waals surface area contributed by atoms with Crippen molar-refractivity contribution in [3.05, 3.63) is 38.0 Å². The first-order valence-electron chi connectivity index (χ1n) is 9.81. The van der Waals surface area contributed by atoms with E-state index in [1.807, 2.05) is 0 Å². The molecule has 2 fully saturated rings. The summed E-state index contributed by atoms with van der Waals surface area (Å²) in [5, 5.41) is 48.2. The smallest absolute Gasteiger partial charge is 0.327 e. The fourth-order valence-electron chi connectivity index (χ4n) is 1.28. The van der Waals surface area contributed by atoms with Crippen LogP contribution in [0.5, 0.6) is 0 Å². The molecule has 2 atom stereocenters. The molecular formula is C21H36O12. The van der Waals surface area contributed by atoms with Gasteiger partial charge in [0.05, 0.1) is 26.4 Å². The second-order valence-corrected chi connectivity index (χ2v) is 6.17. The third-order valence-corrected chi connectivity index (χ3v) is 3.22. The number of aliphatic carboxylic acids is 3. The molecule has 0 saturated carbocycles. The zero-order valence-corrected chi connectivity index (χ0v) is 18.6. The molecule has 192 valence electrons. The highest BCUT2D eigenvalue weighted by molar-refractivity contribution is 5.79. The number of carboxylic acids is 3. The average molecular weight is 481 g/mol. The van der Waals surface area contributed by atoms with Gasteiger partial charge in [-0.3, -0.25) is 0 Å². The van der Waals surface area contributed by atoms with Gasteiger partial charge in [-0.25, -0.2) is 14.4 Å². The van der Waals surface area contributed by atoms with E-state index in [1.54, 1.807) is 0 Å². The maximum Gasteiger partial charge on any atom is 0.327 e. The molecule has 2 rings (SSSR count). The van der Waals surface area contributed by atoms with E-state index in [0.29, 0.717) is 25.0 Å². The van der Waals surface area contributed by atoms with Gasteiger partial charge in [0, 0.05) is 44.0 Å². The summed E-state index contributed by atoms with van der Waals surface area (Å²) in [5.41, 5.74) is 0. The molecule has 33 heavy (non-hydrogen) atoms. The Hall–Kier alpha value is -2.61. The highest BCUT2D eigenvalue weighted by Gasteiger charge is 2.26. The molecule has 12 nitrogen and oxygen atoms in total. The lowest BCUT2D eigenvalue weighted by Gasteiger charge is -2.07. The molecule has 2 aliphatic heterocycles. The number of aliphatic hydroxyl groups excluding tert-OH is 3. The molecule has 0 aromatic heterocycles. The Morgan fingerprint density at radius 2 is 1.12 bits per heavy atom. The van der Waals surface area contributed by atoms with Gasteiger partial charge in [-0.05, 0) is 12.8 Å². The summed E-state index contributed by atoms with van der Waals surface area (Å²) in [4.78, 5) is 27.8. The van der Waals surface area contributed by atoms with Crippen molar-refractivity contribution in [2.45, 2.75) is 25.0 Å². The molecule has 2 heterocycles. The second-order valence-electron chi connectivity index (χ2n) is 6.17. The molecule has 0 bridgehead atoms. The van der Waals surface area contributed by atoms with E-state index in [0.717, 1.165) is 44.7 Å². The maximum absolute atomic E-state index is 9.25. The van der Waals surface area contributed by atoms with Crippen LogP contribution in [0.4, 0.5) is 0 Å². The van der Waals surface area contributed by atoms with Gasteiger partial charge in [-0.2, -0.15) is 0 Å². The number of hydrogen-bond acceptors (Lipinski definition) is 9. The third-order valence-electron chi connectivity index (χ3n) is 3.22. The van der Waals surface area contributed by atoms with E-state index in [1.165, 1.54) is 0 Å². The molecule has 0 amide bonds. The Morgan fingerprint density at radius 1 is 0.818 bits per heavy atom. The predicted octanol–water partition coefficient (Wildman–Crippen LogP) is -0.0687. The van der Waals surface area contributed by atoms with Crippen LogP contribution in [-0.2, 0) is 28.6 Å². The highest BCUT2D eigenvalue weighted by atomic mass is 16.6. The lowest BCUT2D eigenvalue weighted by Crippen LogP contribution is -2.11. The standard InChI is InChI=1S/C6H10O3.C6H14O3.3C3H4O2/c1(5-3-8-5)7-2-6-4-9-6;7-3-1-2-6(4-8)5-9;3*1-2-3(4)5/h5-6H,1-4H2;6-9H,1-5H2;3*2H,1H2,(H,4,5). The number of epoxide rings is 2. The van der Waals surface area contributed by atoms with E-state index in [2.05, 4.69) is 19.7 Å². The molecule has 0 radical (unpaired) electrons. The average Bonchev–Trinajstić information content (AvgIpc) is 3.72. The zero-order valence-electron chi connectivity index (χ0n) is 18.6. The lowest BCUT2D eigenvalue weighted by atomic mass is 10.1. The molecule has 12 heteroatoms. The number of hydrogen-bond donors (Lipinski definition) is 6. The van der Waals surface area contributed by atoms with Gasteiger partial charge >= 0.3 is 17.9 Å². The summed E-state index contributed by atoms with van der Waals surface area (Å²) >= 11 is 0. The number of aliphatic hydroxyl groups is 3. The minimum Gasteiger partial charge on any atom is -0.478 e. The van der Waals surface area contributed by atoms with Gasteiger partial charge in [0.2, 0.25) is 0 Å². The van der Waals surface area contributed by atoms with E-state index in [9.17, 15) is 14.4 Å². The lowest BCUT2D eigenvalue weighted by molar-refractivity contribution is -0.132.